The fourth-order valence-corrected chi connectivity index (χ4v) is 4.19. The summed E-state index contributed by atoms with van der Waals surface area (Å²) in [5, 5.41) is 7.25. The number of thiazole rings is 1. The molecule has 0 radical (unpaired) electrons. The minimum Gasteiger partial charge on any atom is -0.339 e. The maximum atomic E-state index is 12.9. The van der Waals surface area contributed by atoms with E-state index in [1.165, 1.54) is 0 Å². The van der Waals surface area contributed by atoms with Gasteiger partial charge in [0.1, 0.15) is 6.04 Å². The summed E-state index contributed by atoms with van der Waals surface area (Å²) in [4.78, 5) is 21.5. The molecule has 6 nitrogen and oxygen atoms in total. The Hall–Kier alpha value is -1.89. The lowest BCUT2D eigenvalue weighted by molar-refractivity contribution is -0.131. The van der Waals surface area contributed by atoms with E-state index < -0.39 is 0 Å². The van der Waals surface area contributed by atoms with Gasteiger partial charge in [-0.25, -0.2) is 4.98 Å². The van der Waals surface area contributed by atoms with Crippen LogP contribution in [0.25, 0.3) is 0 Å². The second kappa shape index (κ2) is 5.72. The van der Waals surface area contributed by atoms with Crippen molar-refractivity contribution in [2.45, 2.75) is 31.3 Å². The molecule has 0 spiro atoms. The monoisotopic (exact) mass is 317 g/mol. The van der Waals surface area contributed by atoms with Crippen molar-refractivity contribution in [3.63, 3.8) is 0 Å². The molecule has 0 aromatic carbocycles. The van der Waals surface area contributed by atoms with Gasteiger partial charge < -0.3 is 9.80 Å². The Bertz CT molecular complexity index is 626. The Balaban J connectivity index is 1.46. The molecule has 2 aliphatic heterocycles. The minimum atomic E-state index is -0.0393. The molecule has 22 heavy (non-hydrogen) atoms. The fraction of sp³-hybridized carbons (Fsp3) is 0.533. The van der Waals surface area contributed by atoms with Gasteiger partial charge >= 0.3 is 0 Å². The second-order valence-electron chi connectivity index (χ2n) is 5.88. The van der Waals surface area contributed by atoms with Gasteiger partial charge in [0, 0.05) is 43.6 Å². The Kier molecular flexibility index (Phi) is 3.57. The van der Waals surface area contributed by atoms with Crippen LogP contribution < -0.4 is 4.90 Å². The number of amides is 1. The van der Waals surface area contributed by atoms with Crippen LogP contribution in [0.4, 0.5) is 5.13 Å². The van der Waals surface area contributed by atoms with Crippen molar-refractivity contribution < 1.29 is 4.79 Å². The van der Waals surface area contributed by atoms with Crippen LogP contribution in [0.2, 0.25) is 0 Å². The first kappa shape index (κ1) is 13.8. The van der Waals surface area contributed by atoms with E-state index in [1.807, 2.05) is 33.4 Å². The van der Waals surface area contributed by atoms with Crippen LogP contribution in [-0.2, 0) is 4.79 Å². The Morgan fingerprint density at radius 3 is 3.00 bits per heavy atom. The van der Waals surface area contributed by atoms with Gasteiger partial charge in [-0.2, -0.15) is 5.10 Å². The lowest BCUT2D eigenvalue weighted by Gasteiger charge is -2.27. The first-order valence-electron chi connectivity index (χ1n) is 7.77. The highest BCUT2D eigenvalue weighted by molar-refractivity contribution is 7.13. The molecule has 4 heterocycles. The van der Waals surface area contributed by atoms with Crippen LogP contribution in [0, 0.1) is 0 Å². The molecule has 0 aliphatic carbocycles. The van der Waals surface area contributed by atoms with Gasteiger partial charge in [-0.15, -0.1) is 11.3 Å². The van der Waals surface area contributed by atoms with E-state index in [1.54, 1.807) is 17.5 Å². The van der Waals surface area contributed by atoms with Gasteiger partial charge in [-0.1, -0.05) is 0 Å². The van der Waals surface area contributed by atoms with Crippen molar-refractivity contribution in [3.8, 4) is 0 Å². The number of carbonyl (C=O) groups is 1. The second-order valence-corrected chi connectivity index (χ2v) is 6.75. The number of rotatable bonds is 3. The first-order chi connectivity index (χ1) is 10.8. The lowest BCUT2D eigenvalue weighted by Crippen LogP contribution is -2.45. The normalized spacial score (nSPS) is 25.1. The molecule has 4 rings (SSSR count). The molecular formula is C15H19N5OS. The van der Waals surface area contributed by atoms with Gasteiger partial charge in [0.2, 0.25) is 5.91 Å². The van der Waals surface area contributed by atoms with E-state index in [4.69, 9.17) is 0 Å². The van der Waals surface area contributed by atoms with E-state index in [2.05, 4.69) is 15.0 Å². The highest BCUT2D eigenvalue weighted by Crippen LogP contribution is 2.30. The molecule has 2 fully saturated rings. The van der Waals surface area contributed by atoms with Crippen LogP contribution in [0.15, 0.2) is 30.0 Å². The Labute approximate surface area is 133 Å². The zero-order valence-corrected chi connectivity index (χ0v) is 13.2. The molecular weight excluding hydrogens is 298 g/mol. The number of hydrogen-bond acceptors (Lipinski definition) is 5. The maximum Gasteiger partial charge on any atom is 0.245 e. The van der Waals surface area contributed by atoms with E-state index in [0.717, 1.165) is 44.0 Å². The SMILES string of the molecule is O=C(C1CCCN1c1nccs1)N1CCC(n2cccn2)C1. The van der Waals surface area contributed by atoms with Gasteiger partial charge in [-0.05, 0) is 25.3 Å². The standard InChI is InChI=1S/C15H19N5OS/c21-14(13-3-1-7-19(13)15-16-6-10-22-15)18-9-4-12(11-18)20-8-2-5-17-20/h2,5-6,8,10,12-13H,1,3-4,7,9,11H2. The number of likely N-dealkylation sites (tertiary alicyclic amines) is 1. The van der Waals surface area contributed by atoms with Crippen molar-refractivity contribution >= 4 is 22.4 Å². The third-order valence-electron chi connectivity index (χ3n) is 4.58. The molecule has 2 saturated heterocycles. The summed E-state index contributed by atoms with van der Waals surface area (Å²) in [5.41, 5.74) is 0. The number of carbonyl (C=O) groups excluding carboxylic acids is 1. The average molecular weight is 317 g/mol. The summed E-state index contributed by atoms with van der Waals surface area (Å²) in [7, 11) is 0. The smallest absolute Gasteiger partial charge is 0.245 e. The summed E-state index contributed by atoms with van der Waals surface area (Å²) >= 11 is 1.61. The predicted molar refractivity (Wildman–Crippen MR) is 84.9 cm³/mol. The Morgan fingerprint density at radius 2 is 2.23 bits per heavy atom. The lowest BCUT2D eigenvalue weighted by atomic mass is 10.2. The summed E-state index contributed by atoms with van der Waals surface area (Å²) in [6.07, 6.45) is 8.57. The summed E-state index contributed by atoms with van der Waals surface area (Å²) in [6.45, 7) is 2.52. The molecule has 2 aromatic heterocycles. The van der Waals surface area contributed by atoms with Crippen molar-refractivity contribution in [1.29, 1.82) is 0 Å². The zero-order valence-electron chi connectivity index (χ0n) is 12.3. The third-order valence-corrected chi connectivity index (χ3v) is 5.39. The quantitative estimate of drug-likeness (QED) is 0.866. The molecule has 7 heteroatoms. The molecule has 116 valence electrons. The molecule has 2 unspecified atom stereocenters. The van der Waals surface area contributed by atoms with Crippen LogP contribution in [-0.4, -0.2) is 51.2 Å². The number of nitrogens with zero attached hydrogens (tertiary/aromatic N) is 5. The summed E-state index contributed by atoms with van der Waals surface area (Å²) < 4.78 is 1.97. The fourth-order valence-electron chi connectivity index (χ4n) is 3.48. The van der Waals surface area contributed by atoms with Crippen molar-refractivity contribution in [2.24, 2.45) is 0 Å². The van der Waals surface area contributed by atoms with E-state index in [0.29, 0.717) is 6.04 Å². The largest absolute Gasteiger partial charge is 0.339 e. The highest BCUT2D eigenvalue weighted by Gasteiger charge is 2.37. The molecule has 2 aliphatic rings. The van der Waals surface area contributed by atoms with Crippen LogP contribution in [0.5, 0.6) is 0 Å². The molecule has 0 saturated carbocycles. The number of anilines is 1. The molecule has 2 aromatic rings. The van der Waals surface area contributed by atoms with Gasteiger partial charge in [0.15, 0.2) is 5.13 Å². The number of aromatic nitrogens is 3. The summed E-state index contributed by atoms with van der Waals surface area (Å²) in [6, 6.07) is 2.21. The maximum absolute atomic E-state index is 12.9. The number of hydrogen-bond donors (Lipinski definition) is 0. The van der Waals surface area contributed by atoms with Crippen LogP contribution in [0.1, 0.15) is 25.3 Å². The summed E-state index contributed by atoms with van der Waals surface area (Å²) in [5.74, 6) is 0.252. The van der Waals surface area contributed by atoms with Gasteiger partial charge in [-0.3, -0.25) is 9.48 Å². The van der Waals surface area contributed by atoms with Crippen molar-refractivity contribution in [2.75, 3.05) is 24.5 Å². The zero-order chi connectivity index (χ0) is 14.9. The molecule has 1 amide bonds. The van der Waals surface area contributed by atoms with E-state index in [-0.39, 0.29) is 11.9 Å². The van der Waals surface area contributed by atoms with Crippen molar-refractivity contribution in [1.82, 2.24) is 19.7 Å². The van der Waals surface area contributed by atoms with E-state index >= 15 is 0 Å². The van der Waals surface area contributed by atoms with Crippen LogP contribution in [0.3, 0.4) is 0 Å². The van der Waals surface area contributed by atoms with Gasteiger partial charge in [0.25, 0.3) is 0 Å². The Morgan fingerprint density at radius 1 is 1.27 bits per heavy atom. The van der Waals surface area contributed by atoms with Gasteiger partial charge in [0.05, 0.1) is 6.04 Å². The van der Waals surface area contributed by atoms with Crippen LogP contribution >= 0.6 is 11.3 Å². The van der Waals surface area contributed by atoms with Crippen molar-refractivity contribution in [3.05, 3.63) is 30.0 Å². The molecule has 0 bridgehead atoms. The third kappa shape index (κ3) is 2.39. The molecule has 2 atom stereocenters. The topological polar surface area (TPSA) is 54.3 Å². The first-order valence-corrected chi connectivity index (χ1v) is 8.65. The predicted octanol–water partition coefficient (Wildman–Crippen LogP) is 1.78. The highest BCUT2D eigenvalue weighted by atomic mass is 32.1. The van der Waals surface area contributed by atoms with E-state index in [9.17, 15) is 4.79 Å². The molecule has 0 N–H and O–H groups in total. The minimum absolute atomic E-state index is 0.0393. The average Bonchev–Trinajstić information content (AvgIpc) is 3.35.